The normalized spacial score (nSPS) is 16.2. The standard InChI is InChI=1S/C23H21N7O3/c1-15(31)29-20-8-7-18(17-13-25-28-12-3-2-6-19(17)28)26-22(20)30(23(29)33)16-5-4-11-27(14-16)21(32)9-10-24/h2-3,6-8,12-13,16H,4-5,9,11,14H2,1H3. The van der Waals surface area contributed by atoms with Gasteiger partial charge in [0.25, 0.3) is 0 Å². The van der Waals surface area contributed by atoms with Gasteiger partial charge in [-0.2, -0.15) is 10.4 Å². The van der Waals surface area contributed by atoms with Gasteiger partial charge in [0.1, 0.15) is 6.42 Å². The number of amides is 1. The topological polar surface area (TPSA) is 118 Å². The smallest absolute Gasteiger partial charge is 0.337 e. The molecule has 1 aliphatic rings. The maximum Gasteiger partial charge on any atom is 0.337 e. The molecule has 1 amide bonds. The van der Waals surface area contributed by atoms with E-state index in [4.69, 9.17) is 10.2 Å². The second kappa shape index (κ2) is 8.02. The number of imidazole rings is 1. The zero-order chi connectivity index (χ0) is 23.1. The second-order valence-electron chi connectivity index (χ2n) is 8.11. The van der Waals surface area contributed by atoms with Crippen LogP contribution in [0, 0.1) is 11.3 Å². The van der Waals surface area contributed by atoms with Crippen LogP contribution in [0.5, 0.6) is 0 Å². The number of nitriles is 1. The molecule has 0 spiro atoms. The van der Waals surface area contributed by atoms with Crippen molar-refractivity contribution in [3.63, 3.8) is 0 Å². The van der Waals surface area contributed by atoms with E-state index in [9.17, 15) is 14.4 Å². The third-order valence-corrected chi connectivity index (χ3v) is 6.08. The quantitative estimate of drug-likeness (QED) is 0.479. The van der Waals surface area contributed by atoms with E-state index in [1.54, 1.807) is 27.7 Å². The number of fused-ring (bicyclic) bond motifs is 2. The van der Waals surface area contributed by atoms with Crippen LogP contribution in [0.3, 0.4) is 0 Å². The van der Waals surface area contributed by atoms with Crippen LogP contribution in [0.4, 0.5) is 0 Å². The monoisotopic (exact) mass is 443 g/mol. The molecule has 1 fully saturated rings. The first kappa shape index (κ1) is 20.6. The van der Waals surface area contributed by atoms with Crippen LogP contribution in [0.15, 0.2) is 47.5 Å². The highest BCUT2D eigenvalue weighted by molar-refractivity contribution is 5.90. The van der Waals surface area contributed by atoms with Crippen molar-refractivity contribution < 1.29 is 9.59 Å². The van der Waals surface area contributed by atoms with E-state index in [2.05, 4.69) is 5.10 Å². The van der Waals surface area contributed by atoms with Crippen molar-refractivity contribution in [2.24, 2.45) is 0 Å². The molecular weight excluding hydrogens is 422 g/mol. The summed E-state index contributed by atoms with van der Waals surface area (Å²) < 4.78 is 4.39. The van der Waals surface area contributed by atoms with E-state index in [0.717, 1.165) is 15.6 Å². The number of pyridine rings is 2. The number of hydrogen-bond acceptors (Lipinski definition) is 6. The van der Waals surface area contributed by atoms with Crippen molar-refractivity contribution in [3.05, 3.63) is 53.2 Å². The first-order valence-electron chi connectivity index (χ1n) is 10.7. The summed E-state index contributed by atoms with van der Waals surface area (Å²) in [6.45, 7) is 2.17. The van der Waals surface area contributed by atoms with Gasteiger partial charge in [-0.05, 0) is 37.1 Å². The maximum absolute atomic E-state index is 13.3. The van der Waals surface area contributed by atoms with Crippen molar-refractivity contribution >= 4 is 28.5 Å². The SMILES string of the molecule is CC(=O)n1c(=O)n(C2CCCN(C(=O)CC#N)C2)c2nc(-c3cnn4ccccc34)ccc21. The molecule has 1 aliphatic heterocycles. The van der Waals surface area contributed by atoms with Gasteiger partial charge in [-0.1, -0.05) is 6.07 Å². The third-order valence-electron chi connectivity index (χ3n) is 6.08. The van der Waals surface area contributed by atoms with Crippen molar-refractivity contribution in [2.45, 2.75) is 32.2 Å². The summed E-state index contributed by atoms with van der Waals surface area (Å²) in [6.07, 6.45) is 4.71. The zero-order valence-electron chi connectivity index (χ0n) is 18.0. The zero-order valence-corrected chi connectivity index (χ0v) is 18.0. The van der Waals surface area contributed by atoms with Crippen LogP contribution in [-0.4, -0.2) is 53.5 Å². The van der Waals surface area contributed by atoms with Gasteiger partial charge in [-0.3, -0.25) is 14.2 Å². The Morgan fingerprint density at radius 3 is 2.85 bits per heavy atom. The molecular formula is C23H21N7O3. The van der Waals surface area contributed by atoms with Crippen LogP contribution < -0.4 is 5.69 Å². The lowest BCUT2D eigenvalue weighted by molar-refractivity contribution is -0.131. The molecule has 33 heavy (non-hydrogen) atoms. The summed E-state index contributed by atoms with van der Waals surface area (Å²) in [5.41, 5.74) is 2.65. The molecule has 0 aromatic carbocycles. The minimum absolute atomic E-state index is 0.200. The molecule has 0 radical (unpaired) electrons. The van der Waals surface area contributed by atoms with Crippen LogP contribution >= 0.6 is 0 Å². The largest absolute Gasteiger partial charge is 0.340 e. The second-order valence-corrected chi connectivity index (χ2v) is 8.11. The summed E-state index contributed by atoms with van der Waals surface area (Å²) in [4.78, 5) is 44.4. The number of rotatable bonds is 3. The summed E-state index contributed by atoms with van der Waals surface area (Å²) >= 11 is 0. The van der Waals surface area contributed by atoms with Crippen molar-refractivity contribution in [3.8, 4) is 17.3 Å². The molecule has 1 unspecified atom stereocenters. The number of aromatic nitrogens is 5. The molecule has 0 bridgehead atoms. The Morgan fingerprint density at radius 1 is 1.21 bits per heavy atom. The first-order valence-corrected chi connectivity index (χ1v) is 10.7. The molecule has 166 valence electrons. The number of likely N-dealkylation sites (tertiary alicyclic amines) is 1. The van der Waals surface area contributed by atoms with Gasteiger partial charge < -0.3 is 4.90 Å². The fourth-order valence-corrected chi connectivity index (χ4v) is 4.58. The van der Waals surface area contributed by atoms with Crippen molar-refractivity contribution in [2.75, 3.05) is 13.1 Å². The highest BCUT2D eigenvalue weighted by atomic mass is 16.2. The number of nitrogens with zero attached hydrogens (tertiary/aromatic N) is 7. The van der Waals surface area contributed by atoms with Gasteiger partial charge in [0.2, 0.25) is 11.8 Å². The molecule has 10 nitrogen and oxygen atoms in total. The molecule has 0 saturated carbocycles. The van der Waals surface area contributed by atoms with Crippen LogP contribution in [0.1, 0.15) is 37.0 Å². The predicted octanol–water partition coefficient (Wildman–Crippen LogP) is 2.25. The minimum atomic E-state index is -0.471. The van der Waals surface area contributed by atoms with Gasteiger partial charge in [-0.15, -0.1) is 0 Å². The summed E-state index contributed by atoms with van der Waals surface area (Å²) in [5, 5.41) is 13.2. The fourth-order valence-electron chi connectivity index (χ4n) is 4.58. The lowest BCUT2D eigenvalue weighted by atomic mass is 10.1. The van der Waals surface area contributed by atoms with Gasteiger partial charge in [0, 0.05) is 31.8 Å². The Hall–Kier alpha value is -4.26. The van der Waals surface area contributed by atoms with Gasteiger partial charge >= 0.3 is 5.69 Å². The van der Waals surface area contributed by atoms with Gasteiger partial charge in [0.05, 0.1) is 35.0 Å². The highest BCUT2D eigenvalue weighted by Crippen LogP contribution is 2.28. The van der Waals surface area contributed by atoms with Gasteiger partial charge in [-0.25, -0.2) is 18.9 Å². The fraction of sp³-hybridized carbons (Fsp3) is 0.304. The average molecular weight is 443 g/mol. The predicted molar refractivity (Wildman–Crippen MR) is 120 cm³/mol. The van der Waals surface area contributed by atoms with Crippen molar-refractivity contribution in [1.82, 2.24) is 28.6 Å². The molecule has 0 aliphatic carbocycles. The van der Waals surface area contributed by atoms with Crippen LogP contribution in [-0.2, 0) is 4.79 Å². The van der Waals surface area contributed by atoms with E-state index < -0.39 is 11.6 Å². The van der Waals surface area contributed by atoms with Crippen LogP contribution in [0.25, 0.3) is 27.9 Å². The van der Waals surface area contributed by atoms with E-state index in [-0.39, 0.29) is 18.4 Å². The Kier molecular flexibility index (Phi) is 5.01. The van der Waals surface area contributed by atoms with E-state index in [1.165, 1.54) is 11.5 Å². The Morgan fingerprint density at radius 2 is 2.06 bits per heavy atom. The minimum Gasteiger partial charge on any atom is -0.340 e. The highest BCUT2D eigenvalue weighted by Gasteiger charge is 2.29. The molecule has 1 atom stereocenters. The molecule has 1 saturated heterocycles. The summed E-state index contributed by atoms with van der Waals surface area (Å²) in [5.74, 6) is -0.659. The van der Waals surface area contributed by atoms with E-state index >= 15 is 0 Å². The molecule has 4 aromatic heterocycles. The Bertz CT molecular complexity index is 1500. The van der Waals surface area contributed by atoms with Crippen LogP contribution in [0.2, 0.25) is 0 Å². The number of carbonyl (C=O) groups excluding carboxylic acids is 2. The van der Waals surface area contributed by atoms with E-state index in [0.29, 0.717) is 42.8 Å². The molecule has 5 heterocycles. The molecule has 10 heteroatoms. The average Bonchev–Trinajstić information content (AvgIpc) is 3.37. The number of hydrogen-bond donors (Lipinski definition) is 0. The molecule has 5 rings (SSSR count). The van der Waals surface area contributed by atoms with Gasteiger partial charge in [0.15, 0.2) is 5.65 Å². The third kappa shape index (κ3) is 3.38. The van der Waals surface area contributed by atoms with Crippen molar-refractivity contribution in [1.29, 1.82) is 5.26 Å². The number of piperidine rings is 1. The molecule has 4 aromatic rings. The Balaban J connectivity index is 1.66. The summed E-state index contributed by atoms with van der Waals surface area (Å²) in [6, 6.07) is 10.8. The number of carbonyl (C=O) groups is 2. The van der Waals surface area contributed by atoms with E-state index in [1.807, 2.05) is 30.5 Å². The Labute approximate surface area is 188 Å². The maximum atomic E-state index is 13.3. The lowest BCUT2D eigenvalue weighted by Crippen LogP contribution is -2.43. The molecule has 0 N–H and O–H groups in total. The lowest BCUT2D eigenvalue weighted by Gasteiger charge is -2.32. The first-order chi connectivity index (χ1) is 16.0. The summed E-state index contributed by atoms with van der Waals surface area (Å²) in [7, 11) is 0.